The van der Waals surface area contributed by atoms with E-state index in [0.717, 1.165) is 18.9 Å². The third kappa shape index (κ3) is 3.43. The van der Waals surface area contributed by atoms with Gasteiger partial charge < -0.3 is 4.74 Å². The summed E-state index contributed by atoms with van der Waals surface area (Å²) in [6.07, 6.45) is 11.0. The molecule has 12 heavy (non-hydrogen) atoms. The molecule has 0 amide bonds. The summed E-state index contributed by atoms with van der Waals surface area (Å²) < 4.78 is 5.28. The second kappa shape index (κ2) is 5.65. The maximum Gasteiger partial charge on any atom is 0.184 e. The number of terminal acetylenes is 1. The van der Waals surface area contributed by atoms with Crippen LogP contribution in [0, 0.1) is 12.3 Å². The summed E-state index contributed by atoms with van der Waals surface area (Å²) in [5, 5.41) is 0. The van der Waals surface area contributed by atoms with Crippen molar-refractivity contribution in [2.45, 2.75) is 32.1 Å². The van der Waals surface area contributed by atoms with Gasteiger partial charge in [-0.05, 0) is 12.8 Å². The second-order valence-corrected chi connectivity index (χ2v) is 2.93. The monoisotopic (exact) mass is 165 g/mol. The van der Waals surface area contributed by atoms with Crippen LogP contribution in [0.15, 0.2) is 4.99 Å². The molecular weight excluding hydrogens is 150 g/mol. The molecule has 0 saturated carbocycles. The minimum absolute atomic E-state index is 0.360. The Balaban J connectivity index is 2.32. The Morgan fingerprint density at radius 3 is 3.00 bits per heavy atom. The Hall–Kier alpha value is -0.970. The highest BCUT2D eigenvalue weighted by atomic mass is 16.5. The van der Waals surface area contributed by atoms with Crippen molar-refractivity contribution in [3.05, 3.63) is 0 Å². The molecule has 0 saturated heterocycles. The van der Waals surface area contributed by atoms with Crippen LogP contribution < -0.4 is 0 Å². The second-order valence-electron chi connectivity index (χ2n) is 2.93. The van der Waals surface area contributed by atoms with Gasteiger partial charge >= 0.3 is 0 Å². The maximum atomic E-state index is 5.28. The normalized spacial score (nSPS) is 22.8. The van der Waals surface area contributed by atoms with Gasteiger partial charge in [0, 0.05) is 13.0 Å². The van der Waals surface area contributed by atoms with Crippen LogP contribution in [0.1, 0.15) is 32.1 Å². The number of ether oxygens (including phenoxy) is 1. The first-order valence-electron chi connectivity index (χ1n) is 4.53. The Kier molecular flexibility index (Phi) is 4.30. The van der Waals surface area contributed by atoms with E-state index in [9.17, 15) is 0 Å². The van der Waals surface area contributed by atoms with Crippen molar-refractivity contribution < 1.29 is 4.74 Å². The van der Waals surface area contributed by atoms with Gasteiger partial charge in [0.1, 0.15) is 6.61 Å². The van der Waals surface area contributed by atoms with Crippen LogP contribution in [-0.2, 0) is 4.74 Å². The lowest BCUT2D eigenvalue weighted by atomic mass is 10.1. The van der Waals surface area contributed by atoms with E-state index in [1.165, 1.54) is 25.7 Å². The van der Waals surface area contributed by atoms with Crippen molar-refractivity contribution in [2.24, 2.45) is 4.99 Å². The third-order valence-corrected chi connectivity index (χ3v) is 1.91. The van der Waals surface area contributed by atoms with Crippen molar-refractivity contribution in [2.75, 3.05) is 13.2 Å². The van der Waals surface area contributed by atoms with Crippen LogP contribution in [0.2, 0.25) is 0 Å². The number of hydrogen-bond donors (Lipinski definition) is 0. The lowest BCUT2D eigenvalue weighted by molar-refractivity contribution is 0.340. The summed E-state index contributed by atoms with van der Waals surface area (Å²) in [5.41, 5.74) is 0. The van der Waals surface area contributed by atoms with E-state index in [-0.39, 0.29) is 0 Å². The van der Waals surface area contributed by atoms with Crippen LogP contribution in [0.3, 0.4) is 0 Å². The van der Waals surface area contributed by atoms with Crippen LogP contribution in [0.5, 0.6) is 0 Å². The number of rotatable bonds is 1. The zero-order chi connectivity index (χ0) is 8.65. The largest absolute Gasteiger partial charge is 0.468 e. The van der Waals surface area contributed by atoms with Gasteiger partial charge in [-0.2, -0.15) is 0 Å². The topological polar surface area (TPSA) is 21.6 Å². The quantitative estimate of drug-likeness (QED) is 0.544. The van der Waals surface area contributed by atoms with Gasteiger partial charge in [-0.1, -0.05) is 18.8 Å². The molecule has 1 heterocycles. The molecule has 0 fully saturated rings. The minimum atomic E-state index is 0.360. The molecule has 66 valence electrons. The maximum absolute atomic E-state index is 5.28. The summed E-state index contributed by atoms with van der Waals surface area (Å²) in [7, 11) is 0. The van der Waals surface area contributed by atoms with E-state index in [0.29, 0.717) is 6.61 Å². The molecule has 0 atom stereocenters. The van der Waals surface area contributed by atoms with Crippen molar-refractivity contribution in [1.29, 1.82) is 0 Å². The number of hydrogen-bond acceptors (Lipinski definition) is 2. The van der Waals surface area contributed by atoms with Crippen molar-refractivity contribution in [1.82, 2.24) is 0 Å². The van der Waals surface area contributed by atoms with Crippen molar-refractivity contribution in [3.8, 4) is 12.3 Å². The SMILES string of the molecule is C#CCO/C1=N/CCCCCC1. The molecule has 0 aliphatic carbocycles. The average molecular weight is 165 g/mol. The molecule has 0 bridgehead atoms. The Bertz CT molecular complexity index is 191. The first-order chi connectivity index (χ1) is 5.93. The summed E-state index contributed by atoms with van der Waals surface area (Å²) in [4.78, 5) is 4.32. The first kappa shape index (κ1) is 9.12. The average Bonchev–Trinajstić information content (AvgIpc) is 2.02. The fraction of sp³-hybridized carbons (Fsp3) is 0.700. The molecule has 1 aliphatic rings. The molecule has 1 rings (SSSR count). The van der Waals surface area contributed by atoms with Gasteiger partial charge in [0.15, 0.2) is 5.90 Å². The van der Waals surface area contributed by atoms with Crippen LogP contribution in [0.25, 0.3) is 0 Å². The Morgan fingerprint density at radius 2 is 2.17 bits per heavy atom. The van der Waals surface area contributed by atoms with Crippen molar-refractivity contribution in [3.63, 3.8) is 0 Å². The highest BCUT2D eigenvalue weighted by Crippen LogP contribution is 2.08. The molecule has 0 aromatic heterocycles. The predicted molar refractivity (Wildman–Crippen MR) is 50.2 cm³/mol. The van der Waals surface area contributed by atoms with E-state index in [4.69, 9.17) is 11.2 Å². The zero-order valence-corrected chi connectivity index (χ0v) is 7.38. The summed E-state index contributed by atoms with van der Waals surface area (Å²) >= 11 is 0. The summed E-state index contributed by atoms with van der Waals surface area (Å²) in [5.74, 6) is 3.30. The minimum Gasteiger partial charge on any atom is -0.468 e. The van der Waals surface area contributed by atoms with Crippen LogP contribution in [0.4, 0.5) is 0 Å². The molecule has 0 radical (unpaired) electrons. The van der Waals surface area contributed by atoms with Crippen molar-refractivity contribution >= 4 is 5.90 Å². The Labute approximate surface area is 74.0 Å². The number of aliphatic imine (C=N–C) groups is 1. The van der Waals surface area contributed by atoms with Gasteiger partial charge in [-0.3, -0.25) is 4.99 Å². The van der Waals surface area contributed by atoms with Gasteiger partial charge in [-0.15, -0.1) is 6.42 Å². The smallest absolute Gasteiger partial charge is 0.184 e. The van der Waals surface area contributed by atoms with Crippen LogP contribution in [-0.4, -0.2) is 19.0 Å². The van der Waals surface area contributed by atoms with E-state index in [1.807, 2.05) is 0 Å². The lowest BCUT2D eigenvalue weighted by Crippen LogP contribution is -2.08. The van der Waals surface area contributed by atoms with E-state index < -0.39 is 0 Å². The standard InChI is InChI=1S/C10H15NO/c1-2-9-12-10-7-5-3-4-6-8-11-10/h1H,3-9H2/b11-10+. The molecule has 2 nitrogen and oxygen atoms in total. The molecular formula is C10H15NO. The van der Waals surface area contributed by atoms with Gasteiger partial charge in [-0.25, -0.2) is 0 Å². The van der Waals surface area contributed by atoms with Gasteiger partial charge in [0.2, 0.25) is 0 Å². The highest BCUT2D eigenvalue weighted by molar-refractivity contribution is 5.76. The Morgan fingerprint density at radius 1 is 1.33 bits per heavy atom. The van der Waals surface area contributed by atoms with E-state index in [2.05, 4.69) is 10.9 Å². The first-order valence-corrected chi connectivity index (χ1v) is 4.53. The molecule has 0 aromatic carbocycles. The lowest BCUT2D eigenvalue weighted by Gasteiger charge is -2.09. The van der Waals surface area contributed by atoms with Gasteiger partial charge in [0.05, 0.1) is 0 Å². The van der Waals surface area contributed by atoms with E-state index in [1.54, 1.807) is 0 Å². The zero-order valence-electron chi connectivity index (χ0n) is 7.38. The van der Waals surface area contributed by atoms with Gasteiger partial charge in [0.25, 0.3) is 0 Å². The van der Waals surface area contributed by atoms with E-state index >= 15 is 0 Å². The predicted octanol–water partition coefficient (Wildman–Crippen LogP) is 2.00. The third-order valence-electron chi connectivity index (χ3n) is 1.91. The highest BCUT2D eigenvalue weighted by Gasteiger charge is 2.02. The molecule has 1 aliphatic heterocycles. The molecule has 0 aromatic rings. The van der Waals surface area contributed by atoms with Crippen LogP contribution >= 0.6 is 0 Å². The summed E-state index contributed by atoms with van der Waals surface area (Å²) in [6, 6.07) is 0. The molecule has 0 unspecified atom stereocenters. The summed E-state index contributed by atoms with van der Waals surface area (Å²) in [6.45, 7) is 1.26. The molecule has 2 heteroatoms. The fourth-order valence-corrected chi connectivity index (χ4v) is 1.27. The number of nitrogens with zero attached hydrogens (tertiary/aromatic N) is 1. The fourth-order valence-electron chi connectivity index (χ4n) is 1.27. The molecule has 0 N–H and O–H groups in total. The molecule has 0 spiro atoms.